The number of carboxylic acids is 1. The van der Waals surface area contributed by atoms with Crippen LogP contribution in [0, 0.1) is 6.92 Å². The molecule has 0 aromatic carbocycles. The molecule has 0 saturated carbocycles. The molecule has 1 amide bonds. The first kappa shape index (κ1) is 14.6. The van der Waals surface area contributed by atoms with Crippen LogP contribution in [0.3, 0.4) is 0 Å². The molecule has 0 radical (unpaired) electrons. The summed E-state index contributed by atoms with van der Waals surface area (Å²) in [6, 6.07) is 1.44. The Bertz CT molecular complexity index is 488. The zero-order valence-electron chi connectivity index (χ0n) is 11.5. The van der Waals surface area contributed by atoms with Gasteiger partial charge in [0.2, 0.25) is 5.91 Å². The summed E-state index contributed by atoms with van der Waals surface area (Å²) in [5.74, 6) is -0.305. The fraction of sp³-hybridized carbons (Fsp3) is 0.571. The molecule has 6 nitrogen and oxygen atoms in total. The minimum Gasteiger partial charge on any atom is -0.478 e. The van der Waals surface area contributed by atoms with Gasteiger partial charge in [0.1, 0.15) is 17.1 Å². The van der Waals surface area contributed by atoms with Crippen LogP contribution in [-0.4, -0.2) is 29.7 Å². The summed E-state index contributed by atoms with van der Waals surface area (Å²) in [6.07, 6.45) is 3.42. The Morgan fingerprint density at radius 3 is 2.90 bits per heavy atom. The second-order valence-corrected chi connectivity index (χ2v) is 4.94. The van der Waals surface area contributed by atoms with Crippen molar-refractivity contribution in [1.82, 2.24) is 5.32 Å². The Kier molecular flexibility index (Phi) is 4.79. The largest absolute Gasteiger partial charge is 0.478 e. The number of carbonyl (C=O) groups excluding carboxylic acids is 1. The van der Waals surface area contributed by atoms with Gasteiger partial charge in [-0.05, 0) is 32.3 Å². The van der Waals surface area contributed by atoms with Crippen LogP contribution in [0.25, 0.3) is 0 Å². The molecule has 1 aromatic rings. The maximum atomic E-state index is 11.7. The number of hydrogen-bond donors (Lipinski definition) is 2. The van der Waals surface area contributed by atoms with Gasteiger partial charge in [0, 0.05) is 13.0 Å². The third kappa shape index (κ3) is 3.84. The van der Waals surface area contributed by atoms with Gasteiger partial charge < -0.3 is 19.6 Å². The Hall–Kier alpha value is -1.82. The standard InChI is InChI=1S/C14H19NO5/c1-9-12(14(17)18)7-11(20-9)8-15-13(16)5-4-10-3-2-6-19-10/h7,10H,2-6,8H2,1H3,(H,15,16)(H,17,18)/t10-/m1/s1. The number of aryl methyl sites for hydroxylation is 1. The van der Waals surface area contributed by atoms with Crippen LogP contribution in [0.1, 0.15) is 47.6 Å². The second-order valence-electron chi connectivity index (χ2n) is 4.94. The molecule has 0 unspecified atom stereocenters. The molecule has 2 N–H and O–H groups in total. The van der Waals surface area contributed by atoms with Gasteiger partial charge in [-0.1, -0.05) is 0 Å². The highest BCUT2D eigenvalue weighted by Crippen LogP contribution is 2.17. The van der Waals surface area contributed by atoms with Crippen molar-refractivity contribution < 1.29 is 23.8 Å². The molecule has 6 heteroatoms. The molecule has 0 spiro atoms. The number of nitrogens with one attached hydrogen (secondary N) is 1. The number of rotatable bonds is 6. The van der Waals surface area contributed by atoms with Crippen LogP contribution in [-0.2, 0) is 16.1 Å². The lowest BCUT2D eigenvalue weighted by molar-refractivity contribution is -0.121. The van der Waals surface area contributed by atoms with Crippen LogP contribution in [0.15, 0.2) is 10.5 Å². The van der Waals surface area contributed by atoms with Crippen LogP contribution < -0.4 is 5.32 Å². The summed E-state index contributed by atoms with van der Waals surface area (Å²) in [5.41, 5.74) is 0.133. The lowest BCUT2D eigenvalue weighted by Crippen LogP contribution is -2.23. The fourth-order valence-electron chi connectivity index (χ4n) is 2.28. The van der Waals surface area contributed by atoms with Crippen molar-refractivity contribution in [1.29, 1.82) is 0 Å². The van der Waals surface area contributed by atoms with Crippen molar-refractivity contribution in [3.8, 4) is 0 Å². The van der Waals surface area contributed by atoms with E-state index in [1.165, 1.54) is 6.07 Å². The van der Waals surface area contributed by atoms with Gasteiger partial charge in [0.05, 0.1) is 12.6 Å². The van der Waals surface area contributed by atoms with E-state index in [9.17, 15) is 9.59 Å². The minimum absolute atomic E-state index is 0.0774. The van der Waals surface area contributed by atoms with Crippen molar-refractivity contribution in [3.63, 3.8) is 0 Å². The average Bonchev–Trinajstić information content (AvgIpc) is 3.03. The van der Waals surface area contributed by atoms with Gasteiger partial charge in [0.15, 0.2) is 0 Å². The number of aromatic carboxylic acids is 1. The summed E-state index contributed by atoms with van der Waals surface area (Å²) in [4.78, 5) is 22.5. The highest BCUT2D eigenvalue weighted by atomic mass is 16.5. The molecule has 1 aliphatic rings. The summed E-state index contributed by atoms with van der Waals surface area (Å²) >= 11 is 0. The summed E-state index contributed by atoms with van der Waals surface area (Å²) < 4.78 is 10.7. The normalized spacial score (nSPS) is 18.1. The summed E-state index contributed by atoms with van der Waals surface area (Å²) in [5, 5.41) is 11.6. The molecular formula is C14H19NO5. The maximum Gasteiger partial charge on any atom is 0.339 e. The summed E-state index contributed by atoms with van der Waals surface area (Å²) in [7, 11) is 0. The van der Waals surface area contributed by atoms with Crippen molar-refractivity contribution in [2.24, 2.45) is 0 Å². The van der Waals surface area contributed by atoms with Gasteiger partial charge >= 0.3 is 5.97 Å². The summed E-state index contributed by atoms with van der Waals surface area (Å²) in [6.45, 7) is 2.58. The predicted octanol–water partition coefficient (Wildman–Crippen LogP) is 1.86. The molecule has 110 valence electrons. The van der Waals surface area contributed by atoms with Crippen molar-refractivity contribution >= 4 is 11.9 Å². The molecule has 2 heterocycles. The highest BCUT2D eigenvalue weighted by molar-refractivity contribution is 5.88. The van der Waals surface area contributed by atoms with Crippen molar-refractivity contribution in [3.05, 3.63) is 23.2 Å². The molecule has 20 heavy (non-hydrogen) atoms. The number of carbonyl (C=O) groups is 2. The topological polar surface area (TPSA) is 88.8 Å². The third-order valence-corrected chi connectivity index (χ3v) is 3.38. The van der Waals surface area contributed by atoms with E-state index in [1.54, 1.807) is 6.92 Å². The molecule has 1 fully saturated rings. The van der Waals surface area contributed by atoms with Crippen LogP contribution >= 0.6 is 0 Å². The zero-order valence-corrected chi connectivity index (χ0v) is 11.5. The zero-order chi connectivity index (χ0) is 14.5. The molecule has 1 aromatic heterocycles. The molecular weight excluding hydrogens is 262 g/mol. The molecule has 2 rings (SSSR count). The van der Waals surface area contributed by atoms with Crippen LogP contribution in [0.4, 0.5) is 0 Å². The molecule has 1 saturated heterocycles. The minimum atomic E-state index is -1.03. The molecule has 1 aliphatic heterocycles. The molecule has 1 atom stereocenters. The SMILES string of the molecule is Cc1oc(CNC(=O)CC[C@H]2CCCO2)cc1C(=O)O. The van der Waals surface area contributed by atoms with Gasteiger partial charge in [-0.3, -0.25) is 4.79 Å². The number of amides is 1. The van der Waals surface area contributed by atoms with E-state index in [4.69, 9.17) is 14.3 Å². The van der Waals surface area contributed by atoms with E-state index in [-0.39, 0.29) is 24.1 Å². The quantitative estimate of drug-likeness (QED) is 0.830. The number of ether oxygens (including phenoxy) is 1. The first-order chi connectivity index (χ1) is 9.56. The van der Waals surface area contributed by atoms with Crippen molar-refractivity contribution in [2.75, 3.05) is 6.61 Å². The van der Waals surface area contributed by atoms with Crippen LogP contribution in [0.5, 0.6) is 0 Å². The fourth-order valence-corrected chi connectivity index (χ4v) is 2.28. The van der Waals surface area contributed by atoms with Crippen LogP contribution in [0.2, 0.25) is 0 Å². The van der Waals surface area contributed by atoms with E-state index >= 15 is 0 Å². The van der Waals surface area contributed by atoms with Crippen molar-refractivity contribution in [2.45, 2.75) is 45.3 Å². The average molecular weight is 281 g/mol. The molecule has 0 aliphatic carbocycles. The van der Waals surface area contributed by atoms with E-state index in [1.807, 2.05) is 0 Å². The Balaban J connectivity index is 1.75. The first-order valence-corrected chi connectivity index (χ1v) is 6.77. The lowest BCUT2D eigenvalue weighted by atomic mass is 10.1. The number of carboxylic acid groups (broad SMARTS) is 1. The monoisotopic (exact) mass is 281 g/mol. The second kappa shape index (κ2) is 6.56. The number of furan rings is 1. The lowest BCUT2D eigenvalue weighted by Gasteiger charge is -2.08. The smallest absolute Gasteiger partial charge is 0.339 e. The highest BCUT2D eigenvalue weighted by Gasteiger charge is 2.17. The Morgan fingerprint density at radius 1 is 1.50 bits per heavy atom. The Morgan fingerprint density at radius 2 is 2.30 bits per heavy atom. The van der Waals surface area contributed by atoms with Gasteiger partial charge in [0.25, 0.3) is 0 Å². The van der Waals surface area contributed by atoms with E-state index in [0.717, 1.165) is 25.9 Å². The van der Waals surface area contributed by atoms with Gasteiger partial charge in [-0.15, -0.1) is 0 Å². The maximum absolute atomic E-state index is 11.7. The van der Waals surface area contributed by atoms with E-state index < -0.39 is 5.97 Å². The first-order valence-electron chi connectivity index (χ1n) is 6.77. The van der Waals surface area contributed by atoms with Gasteiger partial charge in [-0.2, -0.15) is 0 Å². The Labute approximate surface area is 117 Å². The van der Waals surface area contributed by atoms with E-state index in [2.05, 4.69) is 5.32 Å². The molecule has 0 bridgehead atoms. The number of hydrogen-bond acceptors (Lipinski definition) is 4. The van der Waals surface area contributed by atoms with E-state index in [0.29, 0.717) is 17.9 Å². The van der Waals surface area contributed by atoms with Gasteiger partial charge in [-0.25, -0.2) is 4.79 Å². The predicted molar refractivity (Wildman–Crippen MR) is 70.5 cm³/mol. The third-order valence-electron chi connectivity index (χ3n) is 3.38.